The van der Waals surface area contributed by atoms with Gasteiger partial charge in [0.25, 0.3) is 0 Å². The maximum absolute atomic E-state index is 11.9. The van der Waals surface area contributed by atoms with Gasteiger partial charge in [0.15, 0.2) is 0 Å². The average Bonchev–Trinajstić information content (AvgIpc) is 2.90. The molecule has 1 aliphatic rings. The maximum atomic E-state index is 11.9. The number of halogens is 1. The first-order chi connectivity index (χ1) is 10.2. The van der Waals surface area contributed by atoms with Crippen molar-refractivity contribution in [1.82, 2.24) is 14.9 Å². The van der Waals surface area contributed by atoms with E-state index in [1.807, 2.05) is 4.90 Å². The highest BCUT2D eigenvalue weighted by atomic mass is 79.9. The smallest absolute Gasteiger partial charge is 0.223 e. The molecule has 0 aliphatic carbocycles. The molecule has 2 aromatic rings. The summed E-state index contributed by atoms with van der Waals surface area (Å²) in [6.07, 6.45) is 2.58. The molecule has 21 heavy (non-hydrogen) atoms. The number of carbonyl (C=O) groups excluding carboxylic acids is 1. The zero-order chi connectivity index (χ0) is 14.8. The second kappa shape index (κ2) is 6.18. The highest BCUT2D eigenvalue weighted by Crippen LogP contribution is 2.28. The van der Waals surface area contributed by atoms with E-state index in [0.717, 1.165) is 48.1 Å². The van der Waals surface area contributed by atoms with Gasteiger partial charge in [-0.3, -0.25) is 4.79 Å². The fourth-order valence-electron chi connectivity index (χ4n) is 2.98. The van der Waals surface area contributed by atoms with E-state index < -0.39 is 0 Å². The van der Waals surface area contributed by atoms with Gasteiger partial charge in [-0.05, 0) is 37.5 Å². The summed E-state index contributed by atoms with van der Waals surface area (Å²) in [6, 6.07) is 6.30. The number of H-pyrrole nitrogens is 1. The van der Waals surface area contributed by atoms with E-state index in [-0.39, 0.29) is 5.91 Å². The molecule has 3 rings (SSSR count). The van der Waals surface area contributed by atoms with E-state index in [0.29, 0.717) is 12.3 Å². The Morgan fingerprint density at radius 1 is 1.43 bits per heavy atom. The lowest BCUT2D eigenvalue weighted by Crippen LogP contribution is -2.38. The number of hydrogen-bond donors (Lipinski definition) is 1. The van der Waals surface area contributed by atoms with Crippen molar-refractivity contribution >= 4 is 32.9 Å². The van der Waals surface area contributed by atoms with Gasteiger partial charge < -0.3 is 9.88 Å². The lowest BCUT2D eigenvalue weighted by molar-refractivity contribution is -0.131. The minimum atomic E-state index is 0.255. The Labute approximate surface area is 133 Å². The maximum Gasteiger partial charge on any atom is 0.223 e. The second-order valence-electron chi connectivity index (χ2n) is 5.74. The van der Waals surface area contributed by atoms with Crippen LogP contribution in [0.4, 0.5) is 0 Å². The molecule has 1 aromatic heterocycles. The van der Waals surface area contributed by atoms with Gasteiger partial charge in [0.05, 0.1) is 11.0 Å². The molecule has 0 bridgehead atoms. The normalized spacial score (nSPS) is 16.6. The standard InChI is InChI=1S/C16H20BrN3O/c1-11-2-3-13-14(10-11)19-16(18-13)12-5-8-20(9-6-12)15(21)4-7-17/h2-3,10,12H,4-9H2,1H3,(H,18,19). The predicted molar refractivity (Wildman–Crippen MR) is 87.8 cm³/mol. The number of fused-ring (bicyclic) bond motifs is 1. The third kappa shape index (κ3) is 3.12. The molecule has 5 heteroatoms. The lowest BCUT2D eigenvalue weighted by atomic mass is 9.96. The number of piperidine rings is 1. The van der Waals surface area contributed by atoms with Crippen LogP contribution in [0.25, 0.3) is 11.0 Å². The number of alkyl halides is 1. The third-order valence-corrected chi connectivity index (χ3v) is 4.59. The first kappa shape index (κ1) is 14.6. The topological polar surface area (TPSA) is 49.0 Å². The van der Waals surface area contributed by atoms with Crippen molar-refractivity contribution in [2.24, 2.45) is 0 Å². The van der Waals surface area contributed by atoms with Crippen LogP contribution in [0, 0.1) is 6.92 Å². The number of rotatable bonds is 3. The molecule has 1 aromatic carbocycles. The Balaban J connectivity index is 1.69. The molecule has 112 valence electrons. The molecule has 0 spiro atoms. The lowest BCUT2D eigenvalue weighted by Gasteiger charge is -2.31. The molecule has 4 nitrogen and oxygen atoms in total. The van der Waals surface area contributed by atoms with Crippen molar-refractivity contribution in [3.63, 3.8) is 0 Å². The summed E-state index contributed by atoms with van der Waals surface area (Å²) < 4.78 is 0. The number of hydrogen-bond acceptors (Lipinski definition) is 2. The fourth-order valence-corrected chi connectivity index (χ4v) is 3.32. The van der Waals surface area contributed by atoms with Crippen molar-refractivity contribution in [3.8, 4) is 0 Å². The van der Waals surface area contributed by atoms with E-state index in [4.69, 9.17) is 4.98 Å². The van der Waals surface area contributed by atoms with Crippen LogP contribution in [-0.2, 0) is 4.79 Å². The van der Waals surface area contributed by atoms with Gasteiger partial charge in [0.1, 0.15) is 5.82 Å². The number of benzene rings is 1. The number of aryl methyl sites for hydroxylation is 1. The van der Waals surface area contributed by atoms with Crippen molar-refractivity contribution in [3.05, 3.63) is 29.6 Å². The highest BCUT2D eigenvalue weighted by molar-refractivity contribution is 9.09. The highest BCUT2D eigenvalue weighted by Gasteiger charge is 2.25. The van der Waals surface area contributed by atoms with Crippen LogP contribution in [0.15, 0.2) is 18.2 Å². The molecule has 1 saturated heterocycles. The van der Waals surface area contributed by atoms with Crippen molar-refractivity contribution in [1.29, 1.82) is 0 Å². The Kier molecular flexibility index (Phi) is 4.29. The molecule has 0 unspecified atom stereocenters. The number of likely N-dealkylation sites (tertiary alicyclic amines) is 1. The van der Waals surface area contributed by atoms with Crippen molar-refractivity contribution in [2.75, 3.05) is 18.4 Å². The van der Waals surface area contributed by atoms with Crippen LogP contribution in [0.1, 0.15) is 36.6 Å². The number of carbonyl (C=O) groups is 1. The van der Waals surface area contributed by atoms with E-state index >= 15 is 0 Å². The molecule has 0 radical (unpaired) electrons. The van der Waals surface area contributed by atoms with E-state index in [1.165, 1.54) is 5.56 Å². The first-order valence-electron chi connectivity index (χ1n) is 7.47. The van der Waals surface area contributed by atoms with Crippen LogP contribution < -0.4 is 0 Å². The Morgan fingerprint density at radius 3 is 2.90 bits per heavy atom. The number of aromatic nitrogens is 2. The van der Waals surface area contributed by atoms with Crippen LogP contribution in [0.5, 0.6) is 0 Å². The quantitative estimate of drug-likeness (QED) is 0.863. The van der Waals surface area contributed by atoms with Crippen molar-refractivity contribution < 1.29 is 4.79 Å². The number of amides is 1. The van der Waals surface area contributed by atoms with Gasteiger partial charge >= 0.3 is 0 Å². The van der Waals surface area contributed by atoms with Gasteiger partial charge in [0, 0.05) is 30.8 Å². The van der Waals surface area contributed by atoms with Crippen LogP contribution in [0.2, 0.25) is 0 Å². The van der Waals surface area contributed by atoms with Gasteiger partial charge in [-0.15, -0.1) is 0 Å². The van der Waals surface area contributed by atoms with Gasteiger partial charge in [0.2, 0.25) is 5.91 Å². The molecule has 2 heterocycles. The third-order valence-electron chi connectivity index (χ3n) is 4.20. The van der Waals surface area contributed by atoms with Crippen LogP contribution >= 0.6 is 15.9 Å². The summed E-state index contributed by atoms with van der Waals surface area (Å²) >= 11 is 3.33. The van der Waals surface area contributed by atoms with E-state index in [1.54, 1.807) is 0 Å². The van der Waals surface area contributed by atoms with Gasteiger partial charge in [-0.1, -0.05) is 22.0 Å². The molecular formula is C16H20BrN3O. The predicted octanol–water partition coefficient (Wildman–Crippen LogP) is 3.36. The van der Waals surface area contributed by atoms with Crippen LogP contribution in [0.3, 0.4) is 0 Å². The molecule has 1 fully saturated rings. The largest absolute Gasteiger partial charge is 0.343 e. The van der Waals surface area contributed by atoms with Crippen LogP contribution in [-0.4, -0.2) is 39.2 Å². The molecular weight excluding hydrogens is 330 g/mol. The monoisotopic (exact) mass is 349 g/mol. The number of imidazole rings is 1. The van der Waals surface area contributed by atoms with Gasteiger partial charge in [-0.2, -0.15) is 0 Å². The molecule has 1 amide bonds. The number of nitrogens with one attached hydrogen (secondary N) is 1. The SMILES string of the molecule is Cc1ccc2nc(C3CCN(C(=O)CCBr)CC3)[nH]c2c1. The number of aromatic amines is 1. The zero-order valence-corrected chi connectivity index (χ0v) is 13.8. The summed E-state index contributed by atoms with van der Waals surface area (Å²) in [5, 5.41) is 0.745. The summed E-state index contributed by atoms with van der Waals surface area (Å²) in [6.45, 7) is 3.77. The second-order valence-corrected chi connectivity index (χ2v) is 6.53. The Hall–Kier alpha value is -1.36. The van der Waals surface area contributed by atoms with E-state index in [9.17, 15) is 4.79 Å². The summed E-state index contributed by atoms with van der Waals surface area (Å²) in [7, 11) is 0. The fraction of sp³-hybridized carbons (Fsp3) is 0.500. The minimum Gasteiger partial charge on any atom is -0.343 e. The summed E-state index contributed by atoms with van der Waals surface area (Å²) in [5.41, 5.74) is 3.39. The van der Waals surface area contributed by atoms with Crippen molar-refractivity contribution in [2.45, 2.75) is 32.1 Å². The molecule has 1 aliphatic heterocycles. The average molecular weight is 350 g/mol. The Morgan fingerprint density at radius 2 is 2.19 bits per heavy atom. The first-order valence-corrected chi connectivity index (χ1v) is 8.59. The molecule has 0 atom stereocenters. The molecule has 1 N–H and O–H groups in total. The van der Waals surface area contributed by atoms with E-state index in [2.05, 4.69) is 46.0 Å². The summed E-state index contributed by atoms with van der Waals surface area (Å²) in [5.74, 6) is 1.76. The summed E-state index contributed by atoms with van der Waals surface area (Å²) in [4.78, 5) is 22.0. The minimum absolute atomic E-state index is 0.255. The number of nitrogens with zero attached hydrogens (tertiary/aromatic N) is 2. The zero-order valence-electron chi connectivity index (χ0n) is 12.2. The molecule has 0 saturated carbocycles. The Bertz CT molecular complexity index is 644. The van der Waals surface area contributed by atoms with Gasteiger partial charge in [-0.25, -0.2) is 4.98 Å².